The van der Waals surface area contributed by atoms with E-state index in [1.807, 2.05) is 73.0 Å². The maximum absolute atomic E-state index is 14.5. The van der Waals surface area contributed by atoms with Gasteiger partial charge in [0.25, 0.3) is 0 Å². The number of fused-ring (bicyclic) bond motifs is 2. The lowest BCUT2D eigenvalue weighted by Gasteiger charge is -2.59. The Kier molecular flexibility index (Phi) is 18.8. The maximum atomic E-state index is 14.5. The summed E-state index contributed by atoms with van der Waals surface area (Å²) >= 11 is 1.66. The highest BCUT2D eigenvalue weighted by Gasteiger charge is 2.65. The lowest BCUT2D eigenvalue weighted by molar-refractivity contribution is -0.256. The van der Waals surface area contributed by atoms with Crippen LogP contribution in [0.2, 0.25) is 0 Å². The summed E-state index contributed by atoms with van der Waals surface area (Å²) in [6, 6.07) is 22.8. The van der Waals surface area contributed by atoms with E-state index >= 15 is 0 Å². The minimum absolute atomic E-state index is 0.00193. The molecule has 342 valence electrons. The summed E-state index contributed by atoms with van der Waals surface area (Å²) in [5.74, 6) is -0.171. The van der Waals surface area contributed by atoms with Crippen molar-refractivity contribution < 1.29 is 53.4 Å². The van der Waals surface area contributed by atoms with E-state index in [1.165, 1.54) is 7.11 Å². The first-order valence-electron chi connectivity index (χ1n) is 22.1. The Hall–Kier alpha value is -4.41. The zero-order valence-corrected chi connectivity index (χ0v) is 37.4. The quantitative estimate of drug-likeness (QED) is 0.0308. The van der Waals surface area contributed by atoms with Gasteiger partial charge in [0, 0.05) is 42.6 Å². The number of carbonyl (C=O) groups is 1. The second-order valence-corrected chi connectivity index (χ2v) is 16.8. The normalized spacial score (nSPS) is 22.9. The number of rotatable bonds is 26. The van der Waals surface area contributed by atoms with Crippen molar-refractivity contribution in [3.05, 3.63) is 108 Å². The standard InChI is InChI=1S/C49H64N2O11S/c1-4-26-60-49-45(51(22-27-57-28-25-54)48(55)59-30-29-58-34-35-12-6-5-7-13-35)33-43(50-56-2)41-31-36(14-8-10-23-52)40(15-9-11-24-53)46(47(41)49)42-32-38(18-21-44(42)62-49)61-37-16-19-39(63-3)20-17-37/h4-7,12-13,16-21,31-32,36,40,45-47,52-54H,1,8-11,14-15,22-30,33-34H2,2-3H3. The highest BCUT2D eigenvalue weighted by Crippen LogP contribution is 2.62. The molecule has 0 bridgehead atoms. The van der Waals surface area contributed by atoms with Gasteiger partial charge >= 0.3 is 6.09 Å². The summed E-state index contributed by atoms with van der Waals surface area (Å²) in [6.07, 6.45) is 10.1. The predicted molar refractivity (Wildman–Crippen MR) is 242 cm³/mol. The minimum atomic E-state index is -1.48. The number of carbonyl (C=O) groups excluding carboxylic acids is 1. The molecule has 6 rings (SSSR count). The molecule has 1 fully saturated rings. The molecule has 1 amide bonds. The molecule has 0 aromatic heterocycles. The van der Waals surface area contributed by atoms with Gasteiger partial charge in [-0.15, -0.1) is 18.3 Å². The van der Waals surface area contributed by atoms with E-state index in [-0.39, 0.29) is 83.6 Å². The molecule has 13 nitrogen and oxygen atoms in total. The van der Waals surface area contributed by atoms with Gasteiger partial charge in [0.05, 0.1) is 51.3 Å². The van der Waals surface area contributed by atoms with Crippen molar-refractivity contribution in [3.63, 3.8) is 0 Å². The Labute approximate surface area is 376 Å². The number of ether oxygens (including phenoxy) is 6. The molecule has 3 N–H and O–H groups in total. The molecule has 1 saturated carbocycles. The first-order chi connectivity index (χ1) is 30.9. The molecular formula is C49H64N2O11S. The van der Waals surface area contributed by atoms with Gasteiger partial charge in [0.15, 0.2) is 0 Å². The monoisotopic (exact) mass is 888 g/mol. The summed E-state index contributed by atoms with van der Waals surface area (Å²) in [7, 11) is 1.52. The van der Waals surface area contributed by atoms with Gasteiger partial charge in [-0.3, -0.25) is 4.90 Å². The third-order valence-corrected chi connectivity index (χ3v) is 12.8. The van der Waals surface area contributed by atoms with E-state index in [9.17, 15) is 20.1 Å². The number of benzene rings is 3. The Morgan fingerprint density at radius 1 is 0.921 bits per heavy atom. The Bertz CT molecular complexity index is 1950. The number of nitrogens with zero attached hydrogens (tertiary/aromatic N) is 2. The van der Waals surface area contributed by atoms with Crippen molar-refractivity contribution >= 4 is 23.6 Å². The zero-order chi connectivity index (χ0) is 44.4. The molecule has 0 saturated heterocycles. The second kappa shape index (κ2) is 24.6. The fraction of sp³-hybridized carbons (Fsp3) is 0.510. The first kappa shape index (κ1) is 48.1. The average Bonchev–Trinajstić information content (AvgIpc) is 3.30. The summed E-state index contributed by atoms with van der Waals surface area (Å²) in [5, 5.41) is 34.0. The highest BCUT2D eigenvalue weighted by molar-refractivity contribution is 7.98. The number of allylic oxidation sites excluding steroid dienone is 1. The topological polar surface area (TPSA) is 158 Å². The lowest BCUT2D eigenvalue weighted by Crippen LogP contribution is -2.70. The molecule has 6 atom stereocenters. The van der Waals surface area contributed by atoms with Crippen LogP contribution in [0.5, 0.6) is 17.2 Å². The number of amides is 1. The molecule has 14 heteroatoms. The molecule has 0 spiro atoms. The van der Waals surface area contributed by atoms with Crippen molar-refractivity contribution in [2.75, 3.05) is 72.8 Å². The number of unbranched alkanes of at least 4 members (excludes halogenated alkanes) is 2. The SMILES string of the molecule is C=CCOC12Oc3ccc(Oc4ccc(SC)cc4)cc3C3C(CCCCO)C(CCCCO)C=C(C(=NOC)CC1N(CCOCCO)C(=O)OCCOCc1ccccc1)C32. The van der Waals surface area contributed by atoms with Crippen LogP contribution in [0.4, 0.5) is 4.79 Å². The third-order valence-electron chi connectivity index (χ3n) is 12.0. The molecule has 0 radical (unpaired) electrons. The molecular weight excluding hydrogens is 825 g/mol. The van der Waals surface area contributed by atoms with Crippen molar-refractivity contribution in [3.8, 4) is 17.2 Å². The average molecular weight is 889 g/mol. The second-order valence-electron chi connectivity index (χ2n) is 15.9. The van der Waals surface area contributed by atoms with Gasteiger partial charge in [-0.25, -0.2) is 4.79 Å². The van der Waals surface area contributed by atoms with Crippen LogP contribution in [-0.4, -0.2) is 117 Å². The summed E-state index contributed by atoms with van der Waals surface area (Å²) in [5.41, 5.74) is 3.52. The van der Waals surface area contributed by atoms with Crippen LogP contribution >= 0.6 is 11.8 Å². The van der Waals surface area contributed by atoms with Gasteiger partial charge in [-0.05, 0) is 97.4 Å². The smallest absolute Gasteiger partial charge is 0.410 e. The largest absolute Gasteiger partial charge is 0.459 e. The molecule has 1 heterocycles. The predicted octanol–water partition coefficient (Wildman–Crippen LogP) is 8.13. The lowest BCUT2D eigenvalue weighted by atomic mass is 9.55. The van der Waals surface area contributed by atoms with Gasteiger partial charge in [-0.2, -0.15) is 0 Å². The first-order valence-corrected chi connectivity index (χ1v) is 23.3. The highest BCUT2D eigenvalue weighted by atomic mass is 32.2. The van der Waals surface area contributed by atoms with Crippen LogP contribution in [0, 0.1) is 17.8 Å². The van der Waals surface area contributed by atoms with Crippen LogP contribution < -0.4 is 9.47 Å². The van der Waals surface area contributed by atoms with Crippen molar-refractivity contribution in [2.45, 2.75) is 74.2 Å². The fourth-order valence-electron chi connectivity index (χ4n) is 9.34. The summed E-state index contributed by atoms with van der Waals surface area (Å²) in [6.45, 7) is 4.96. The fourth-order valence-corrected chi connectivity index (χ4v) is 9.75. The van der Waals surface area contributed by atoms with Crippen molar-refractivity contribution in [1.82, 2.24) is 4.90 Å². The molecule has 3 aromatic carbocycles. The van der Waals surface area contributed by atoms with Gasteiger partial charge in [-0.1, -0.05) is 60.5 Å². The number of oxime groups is 1. The number of hydrogen-bond acceptors (Lipinski definition) is 13. The van der Waals surface area contributed by atoms with E-state index < -0.39 is 23.8 Å². The van der Waals surface area contributed by atoms with E-state index in [0.717, 1.165) is 47.3 Å². The van der Waals surface area contributed by atoms with E-state index in [2.05, 4.69) is 23.9 Å². The molecule has 2 aliphatic carbocycles. The number of aliphatic hydroxyl groups excluding tert-OH is 3. The van der Waals surface area contributed by atoms with E-state index in [0.29, 0.717) is 42.4 Å². The van der Waals surface area contributed by atoms with Crippen LogP contribution in [0.3, 0.4) is 0 Å². The molecule has 3 aromatic rings. The van der Waals surface area contributed by atoms with Gasteiger partial charge < -0.3 is 48.6 Å². The molecule has 3 aliphatic rings. The maximum Gasteiger partial charge on any atom is 0.410 e. The minimum Gasteiger partial charge on any atom is -0.459 e. The van der Waals surface area contributed by atoms with Gasteiger partial charge in [0.2, 0.25) is 5.79 Å². The van der Waals surface area contributed by atoms with Crippen LogP contribution in [0.15, 0.2) is 107 Å². The Balaban J connectivity index is 1.46. The number of hydrogen-bond donors (Lipinski definition) is 3. The molecule has 63 heavy (non-hydrogen) atoms. The zero-order valence-electron chi connectivity index (χ0n) is 36.6. The van der Waals surface area contributed by atoms with E-state index in [1.54, 1.807) is 22.7 Å². The molecule has 1 aliphatic heterocycles. The van der Waals surface area contributed by atoms with Crippen LogP contribution in [0.25, 0.3) is 0 Å². The molecule has 6 unspecified atom stereocenters. The number of thioether (sulfide) groups is 1. The third kappa shape index (κ3) is 12.0. The van der Waals surface area contributed by atoms with Crippen molar-refractivity contribution in [2.24, 2.45) is 22.9 Å². The number of aliphatic hydroxyl groups is 3. The van der Waals surface area contributed by atoms with Crippen LogP contribution in [0.1, 0.15) is 62.0 Å². The van der Waals surface area contributed by atoms with Gasteiger partial charge in [0.1, 0.15) is 37.0 Å². The van der Waals surface area contributed by atoms with Crippen molar-refractivity contribution in [1.29, 1.82) is 0 Å². The Morgan fingerprint density at radius 3 is 2.40 bits per heavy atom. The summed E-state index contributed by atoms with van der Waals surface area (Å²) in [4.78, 5) is 22.9. The van der Waals surface area contributed by atoms with Crippen LogP contribution in [-0.2, 0) is 30.4 Å². The Morgan fingerprint density at radius 2 is 1.68 bits per heavy atom. The van der Waals surface area contributed by atoms with E-state index in [4.69, 9.17) is 33.3 Å². The summed E-state index contributed by atoms with van der Waals surface area (Å²) < 4.78 is 38.4.